The normalized spacial score (nSPS) is 16.3. The zero-order valence-electron chi connectivity index (χ0n) is 11.3. The summed E-state index contributed by atoms with van der Waals surface area (Å²) in [4.78, 5) is 14.4. The lowest BCUT2D eigenvalue weighted by Gasteiger charge is -2.26. The van der Waals surface area contributed by atoms with Crippen molar-refractivity contribution in [1.82, 2.24) is 10.2 Å². The first-order valence-corrected chi connectivity index (χ1v) is 7.77. The molecular formula is C14H21N3OS. The fourth-order valence-electron chi connectivity index (χ4n) is 2.14. The number of aryl methyl sites for hydroxylation is 1. The molecule has 0 unspecified atom stereocenters. The van der Waals surface area contributed by atoms with Gasteiger partial charge in [-0.25, -0.2) is 0 Å². The number of anilines is 1. The Morgan fingerprint density at radius 1 is 1.42 bits per heavy atom. The number of nitrogen functional groups attached to an aromatic ring is 1. The predicted molar refractivity (Wildman–Crippen MR) is 81.7 cm³/mol. The van der Waals surface area contributed by atoms with E-state index in [9.17, 15) is 4.79 Å². The number of carbonyl (C=O) groups is 1. The second-order valence-corrected chi connectivity index (χ2v) is 6.03. The second kappa shape index (κ2) is 6.82. The molecule has 1 aromatic carbocycles. The fourth-order valence-corrected chi connectivity index (χ4v) is 3.12. The van der Waals surface area contributed by atoms with Crippen molar-refractivity contribution in [2.45, 2.75) is 6.92 Å². The highest BCUT2D eigenvalue weighted by Gasteiger charge is 2.12. The van der Waals surface area contributed by atoms with Crippen LogP contribution in [0.2, 0.25) is 0 Å². The van der Waals surface area contributed by atoms with Gasteiger partial charge in [-0.1, -0.05) is 6.07 Å². The zero-order valence-corrected chi connectivity index (χ0v) is 12.1. The Morgan fingerprint density at radius 3 is 2.84 bits per heavy atom. The second-order valence-electron chi connectivity index (χ2n) is 4.80. The Hall–Kier alpha value is -1.20. The standard InChI is InChI=1S/C14H21N3OS/c1-11-2-3-12(13(15)10-11)14(18)16-4-5-17-6-8-19-9-7-17/h2-3,10H,4-9,15H2,1H3,(H,16,18). The highest BCUT2D eigenvalue weighted by Crippen LogP contribution is 2.13. The van der Waals surface area contributed by atoms with E-state index < -0.39 is 0 Å². The molecule has 2 rings (SSSR count). The first-order valence-electron chi connectivity index (χ1n) is 6.61. The molecule has 4 nitrogen and oxygen atoms in total. The third kappa shape index (κ3) is 4.14. The van der Waals surface area contributed by atoms with Gasteiger partial charge in [0.05, 0.1) is 5.56 Å². The van der Waals surface area contributed by atoms with Gasteiger partial charge in [0, 0.05) is 43.4 Å². The van der Waals surface area contributed by atoms with Crippen LogP contribution in [0.4, 0.5) is 5.69 Å². The Labute approximate surface area is 118 Å². The maximum absolute atomic E-state index is 12.0. The number of hydrogen-bond acceptors (Lipinski definition) is 4. The molecule has 1 aromatic rings. The maximum Gasteiger partial charge on any atom is 0.253 e. The molecule has 1 amide bonds. The van der Waals surface area contributed by atoms with Gasteiger partial charge in [0.1, 0.15) is 0 Å². The van der Waals surface area contributed by atoms with Crippen molar-refractivity contribution in [2.24, 2.45) is 0 Å². The number of benzene rings is 1. The first-order chi connectivity index (χ1) is 9.16. The van der Waals surface area contributed by atoms with Gasteiger partial charge in [0.2, 0.25) is 0 Å². The molecule has 0 bridgehead atoms. The van der Waals surface area contributed by atoms with Gasteiger partial charge in [0.25, 0.3) is 5.91 Å². The number of rotatable bonds is 4. The lowest BCUT2D eigenvalue weighted by Crippen LogP contribution is -2.39. The number of hydrogen-bond donors (Lipinski definition) is 2. The number of nitrogens with one attached hydrogen (secondary N) is 1. The monoisotopic (exact) mass is 279 g/mol. The molecule has 0 radical (unpaired) electrons. The van der Waals surface area contributed by atoms with Crippen LogP contribution in [-0.4, -0.2) is 48.5 Å². The minimum Gasteiger partial charge on any atom is -0.398 e. The minimum absolute atomic E-state index is 0.0797. The van der Waals surface area contributed by atoms with Crippen LogP contribution >= 0.6 is 11.8 Å². The molecule has 1 heterocycles. The van der Waals surface area contributed by atoms with E-state index in [0.717, 1.165) is 25.2 Å². The first kappa shape index (κ1) is 14.2. The summed E-state index contributed by atoms with van der Waals surface area (Å²) in [6, 6.07) is 5.53. The predicted octanol–water partition coefficient (Wildman–Crippen LogP) is 1.36. The van der Waals surface area contributed by atoms with Crippen molar-refractivity contribution in [3.05, 3.63) is 29.3 Å². The van der Waals surface area contributed by atoms with Crippen LogP contribution in [0.3, 0.4) is 0 Å². The van der Waals surface area contributed by atoms with Crippen molar-refractivity contribution in [3.8, 4) is 0 Å². The number of carbonyl (C=O) groups excluding carboxylic acids is 1. The smallest absolute Gasteiger partial charge is 0.253 e. The van der Waals surface area contributed by atoms with E-state index in [1.807, 2.05) is 30.8 Å². The highest BCUT2D eigenvalue weighted by atomic mass is 32.2. The largest absolute Gasteiger partial charge is 0.398 e. The van der Waals surface area contributed by atoms with Gasteiger partial charge in [0.15, 0.2) is 0 Å². The van der Waals surface area contributed by atoms with Crippen molar-refractivity contribution in [2.75, 3.05) is 43.4 Å². The molecule has 3 N–H and O–H groups in total. The van der Waals surface area contributed by atoms with Crippen molar-refractivity contribution < 1.29 is 4.79 Å². The van der Waals surface area contributed by atoms with Crippen LogP contribution < -0.4 is 11.1 Å². The van der Waals surface area contributed by atoms with Crippen molar-refractivity contribution in [1.29, 1.82) is 0 Å². The number of thioether (sulfide) groups is 1. The zero-order chi connectivity index (χ0) is 13.7. The van der Waals surface area contributed by atoms with Gasteiger partial charge >= 0.3 is 0 Å². The van der Waals surface area contributed by atoms with Crippen LogP contribution in [0.5, 0.6) is 0 Å². The topological polar surface area (TPSA) is 58.4 Å². The van der Waals surface area contributed by atoms with E-state index in [1.165, 1.54) is 11.5 Å². The third-order valence-electron chi connectivity index (χ3n) is 3.27. The van der Waals surface area contributed by atoms with E-state index in [-0.39, 0.29) is 5.91 Å². The average molecular weight is 279 g/mol. The van der Waals surface area contributed by atoms with Crippen LogP contribution in [-0.2, 0) is 0 Å². The summed E-state index contributed by atoms with van der Waals surface area (Å²) in [6.45, 7) is 5.79. The summed E-state index contributed by atoms with van der Waals surface area (Å²) in [5.74, 6) is 2.31. The van der Waals surface area contributed by atoms with Gasteiger partial charge < -0.3 is 11.1 Å². The van der Waals surface area contributed by atoms with E-state index in [1.54, 1.807) is 6.07 Å². The van der Waals surface area contributed by atoms with Crippen LogP contribution in [0, 0.1) is 6.92 Å². The SMILES string of the molecule is Cc1ccc(C(=O)NCCN2CCSCC2)c(N)c1. The van der Waals surface area contributed by atoms with Crippen molar-refractivity contribution >= 4 is 23.4 Å². The maximum atomic E-state index is 12.0. The quantitative estimate of drug-likeness (QED) is 0.817. The van der Waals surface area contributed by atoms with Crippen LogP contribution in [0.25, 0.3) is 0 Å². The molecule has 0 aromatic heterocycles. The molecule has 1 fully saturated rings. The van der Waals surface area contributed by atoms with Crippen LogP contribution in [0.1, 0.15) is 15.9 Å². The third-order valence-corrected chi connectivity index (χ3v) is 4.21. The fraction of sp³-hybridized carbons (Fsp3) is 0.500. The van der Waals surface area contributed by atoms with E-state index in [2.05, 4.69) is 10.2 Å². The molecule has 19 heavy (non-hydrogen) atoms. The summed E-state index contributed by atoms with van der Waals surface area (Å²) in [6.07, 6.45) is 0. The number of amides is 1. The van der Waals surface area contributed by atoms with E-state index >= 15 is 0 Å². The summed E-state index contributed by atoms with van der Waals surface area (Å²) >= 11 is 1.99. The molecule has 5 heteroatoms. The molecule has 1 aliphatic heterocycles. The Bertz CT molecular complexity index is 444. The highest BCUT2D eigenvalue weighted by molar-refractivity contribution is 7.99. The summed E-state index contributed by atoms with van der Waals surface area (Å²) in [5, 5.41) is 2.94. The Morgan fingerprint density at radius 2 is 2.16 bits per heavy atom. The molecule has 0 atom stereocenters. The van der Waals surface area contributed by atoms with Gasteiger partial charge in [-0.2, -0.15) is 11.8 Å². The molecular weight excluding hydrogens is 258 g/mol. The van der Waals surface area contributed by atoms with Crippen LogP contribution in [0.15, 0.2) is 18.2 Å². The molecule has 1 saturated heterocycles. The van der Waals surface area contributed by atoms with Crippen molar-refractivity contribution in [3.63, 3.8) is 0 Å². The summed E-state index contributed by atoms with van der Waals surface area (Å²) in [7, 11) is 0. The summed E-state index contributed by atoms with van der Waals surface area (Å²) in [5.41, 5.74) is 8.05. The molecule has 1 aliphatic rings. The van der Waals surface area contributed by atoms with E-state index in [0.29, 0.717) is 17.8 Å². The molecule has 0 saturated carbocycles. The average Bonchev–Trinajstić information content (AvgIpc) is 2.39. The van der Waals surface area contributed by atoms with Gasteiger partial charge in [-0.15, -0.1) is 0 Å². The van der Waals surface area contributed by atoms with Gasteiger partial charge in [-0.05, 0) is 24.6 Å². The summed E-state index contributed by atoms with van der Waals surface area (Å²) < 4.78 is 0. The van der Waals surface area contributed by atoms with Gasteiger partial charge in [-0.3, -0.25) is 9.69 Å². The molecule has 0 spiro atoms. The minimum atomic E-state index is -0.0797. The van der Waals surface area contributed by atoms with E-state index in [4.69, 9.17) is 5.73 Å². The molecule has 104 valence electrons. The lowest BCUT2D eigenvalue weighted by atomic mass is 10.1. The number of nitrogens with two attached hydrogens (primary N) is 1. The lowest BCUT2D eigenvalue weighted by molar-refractivity contribution is 0.0950. The Kier molecular flexibility index (Phi) is 5.10. The molecule has 0 aliphatic carbocycles. The Balaban J connectivity index is 1.80. The number of nitrogens with zero attached hydrogens (tertiary/aromatic N) is 1.